The maximum atomic E-state index is 12.4. The molecule has 7 heteroatoms. The number of para-hydroxylation sites is 1. The van der Waals surface area contributed by atoms with Crippen LogP contribution in [0, 0.1) is 0 Å². The minimum atomic E-state index is -0.260. The topological polar surface area (TPSA) is 82.4 Å². The van der Waals surface area contributed by atoms with Crippen LogP contribution in [0.5, 0.6) is 0 Å². The largest absolute Gasteiger partial charge is 0.376 e. The first-order valence-corrected chi connectivity index (χ1v) is 7.62. The summed E-state index contributed by atoms with van der Waals surface area (Å²) in [6.45, 7) is 3.27. The summed E-state index contributed by atoms with van der Waals surface area (Å²) in [6, 6.07) is 6.88. The van der Waals surface area contributed by atoms with Crippen LogP contribution < -0.4 is 10.9 Å². The third-order valence-electron chi connectivity index (χ3n) is 3.80. The summed E-state index contributed by atoms with van der Waals surface area (Å²) in [6.07, 6.45) is 1.26. The molecule has 2 heterocycles. The molecule has 0 unspecified atom stereocenters. The molecule has 0 radical (unpaired) electrons. The molecule has 0 bridgehead atoms. The lowest BCUT2D eigenvalue weighted by Gasteiger charge is -2.19. The number of hydrogen-bond donors (Lipinski definition) is 1. The second-order valence-corrected chi connectivity index (χ2v) is 5.40. The molecule has 1 N–H and O–H groups in total. The maximum Gasteiger partial charge on any atom is 0.261 e. The van der Waals surface area contributed by atoms with Crippen LogP contribution in [0.4, 0.5) is 0 Å². The average Bonchev–Trinajstić information content (AvgIpc) is 2.98. The first-order chi connectivity index (χ1) is 11.2. The van der Waals surface area contributed by atoms with E-state index >= 15 is 0 Å². The molecule has 7 nitrogen and oxygen atoms in total. The average molecular weight is 317 g/mol. The van der Waals surface area contributed by atoms with Gasteiger partial charge >= 0.3 is 0 Å². The van der Waals surface area contributed by atoms with E-state index in [0.29, 0.717) is 30.7 Å². The zero-order valence-electron chi connectivity index (χ0n) is 12.9. The number of benzene rings is 1. The van der Waals surface area contributed by atoms with E-state index < -0.39 is 0 Å². The number of ether oxygens (including phenoxy) is 2. The predicted molar refractivity (Wildman–Crippen MR) is 84.2 cm³/mol. The molecule has 1 aliphatic rings. The minimum Gasteiger partial charge on any atom is -0.376 e. The van der Waals surface area contributed by atoms with Crippen LogP contribution in [-0.4, -0.2) is 47.4 Å². The summed E-state index contributed by atoms with van der Waals surface area (Å²) >= 11 is 0. The fourth-order valence-electron chi connectivity index (χ4n) is 2.67. The van der Waals surface area contributed by atoms with Gasteiger partial charge in [0.05, 0.1) is 36.5 Å². The van der Waals surface area contributed by atoms with Crippen molar-refractivity contribution in [2.75, 3.05) is 19.8 Å². The van der Waals surface area contributed by atoms with E-state index in [2.05, 4.69) is 10.3 Å². The van der Waals surface area contributed by atoms with Gasteiger partial charge in [-0.25, -0.2) is 4.98 Å². The van der Waals surface area contributed by atoms with Gasteiger partial charge in [0.25, 0.3) is 5.56 Å². The van der Waals surface area contributed by atoms with E-state index in [1.807, 2.05) is 13.0 Å². The normalized spacial score (nSPS) is 20.7. The summed E-state index contributed by atoms with van der Waals surface area (Å²) in [7, 11) is 0. The molecule has 2 atom stereocenters. The maximum absolute atomic E-state index is 12.4. The Bertz CT molecular complexity index is 758. The van der Waals surface area contributed by atoms with Crippen molar-refractivity contribution in [3.8, 4) is 0 Å². The van der Waals surface area contributed by atoms with Crippen molar-refractivity contribution in [2.45, 2.75) is 25.6 Å². The number of carbonyl (C=O) groups is 1. The van der Waals surface area contributed by atoms with Gasteiger partial charge in [-0.1, -0.05) is 12.1 Å². The number of amides is 1. The molecule has 3 rings (SSSR count). The van der Waals surface area contributed by atoms with Crippen LogP contribution in [0.2, 0.25) is 0 Å². The van der Waals surface area contributed by atoms with Crippen molar-refractivity contribution in [3.05, 3.63) is 40.9 Å². The Balaban J connectivity index is 1.71. The van der Waals surface area contributed by atoms with Gasteiger partial charge in [0.1, 0.15) is 12.6 Å². The van der Waals surface area contributed by atoms with Gasteiger partial charge in [0.2, 0.25) is 5.91 Å². The summed E-state index contributed by atoms with van der Waals surface area (Å²) < 4.78 is 12.2. The highest BCUT2D eigenvalue weighted by atomic mass is 16.5. The molecule has 1 aromatic heterocycles. The highest BCUT2D eigenvalue weighted by Crippen LogP contribution is 2.10. The Hall–Kier alpha value is -2.25. The number of fused-ring (bicyclic) bond motifs is 1. The summed E-state index contributed by atoms with van der Waals surface area (Å²) in [5, 5.41) is 3.36. The Morgan fingerprint density at radius 2 is 2.26 bits per heavy atom. The molecule has 122 valence electrons. The van der Waals surface area contributed by atoms with Gasteiger partial charge in [-0.3, -0.25) is 14.2 Å². The highest BCUT2D eigenvalue weighted by molar-refractivity contribution is 5.79. The van der Waals surface area contributed by atoms with Crippen molar-refractivity contribution in [1.29, 1.82) is 0 Å². The van der Waals surface area contributed by atoms with Gasteiger partial charge in [-0.05, 0) is 19.1 Å². The quantitative estimate of drug-likeness (QED) is 0.858. The van der Waals surface area contributed by atoms with Crippen LogP contribution in [0.3, 0.4) is 0 Å². The van der Waals surface area contributed by atoms with Crippen molar-refractivity contribution >= 4 is 16.8 Å². The van der Waals surface area contributed by atoms with Crippen molar-refractivity contribution < 1.29 is 14.3 Å². The second kappa shape index (κ2) is 6.89. The highest BCUT2D eigenvalue weighted by Gasteiger charge is 2.30. The summed E-state index contributed by atoms with van der Waals surface area (Å²) in [4.78, 5) is 28.8. The number of nitrogens with zero attached hydrogens (tertiary/aromatic N) is 2. The third kappa shape index (κ3) is 3.40. The lowest BCUT2D eigenvalue weighted by molar-refractivity contribution is -0.123. The Labute approximate surface area is 133 Å². The van der Waals surface area contributed by atoms with Gasteiger partial charge in [-0.2, -0.15) is 0 Å². The van der Waals surface area contributed by atoms with E-state index in [9.17, 15) is 9.59 Å². The van der Waals surface area contributed by atoms with Gasteiger partial charge in [0.15, 0.2) is 0 Å². The number of rotatable bonds is 5. The molecule has 2 aromatic rings. The van der Waals surface area contributed by atoms with Gasteiger partial charge in [-0.15, -0.1) is 0 Å². The fourth-order valence-corrected chi connectivity index (χ4v) is 2.67. The second-order valence-electron chi connectivity index (χ2n) is 5.40. The molecular weight excluding hydrogens is 298 g/mol. The predicted octanol–water partition coefficient (Wildman–Crippen LogP) is 0.317. The summed E-state index contributed by atoms with van der Waals surface area (Å²) in [5.41, 5.74) is 0.393. The smallest absolute Gasteiger partial charge is 0.261 e. The molecule has 1 aromatic carbocycles. The lowest BCUT2D eigenvalue weighted by Crippen LogP contribution is -2.45. The Morgan fingerprint density at radius 3 is 3.09 bits per heavy atom. The third-order valence-corrected chi connectivity index (χ3v) is 3.80. The molecule has 1 saturated heterocycles. The van der Waals surface area contributed by atoms with Gasteiger partial charge < -0.3 is 14.8 Å². The molecular formula is C16H19N3O4. The molecule has 23 heavy (non-hydrogen) atoms. The van der Waals surface area contributed by atoms with Crippen LogP contribution in [0.15, 0.2) is 35.4 Å². The fraction of sp³-hybridized carbons (Fsp3) is 0.438. The monoisotopic (exact) mass is 317 g/mol. The first-order valence-electron chi connectivity index (χ1n) is 7.62. The molecule has 1 fully saturated rings. The molecule has 1 aliphatic heterocycles. The lowest BCUT2D eigenvalue weighted by atomic mass is 10.2. The zero-order valence-corrected chi connectivity index (χ0v) is 12.9. The van der Waals surface area contributed by atoms with E-state index in [4.69, 9.17) is 9.47 Å². The van der Waals surface area contributed by atoms with Crippen LogP contribution in [-0.2, 0) is 20.8 Å². The van der Waals surface area contributed by atoms with Crippen LogP contribution >= 0.6 is 0 Å². The van der Waals surface area contributed by atoms with Gasteiger partial charge in [0, 0.05) is 6.61 Å². The standard InChI is InChI=1S/C16H19N3O4/c1-2-23-14-9-22-8-13(14)18-15(20)7-19-10-17-12-6-4-3-5-11(12)16(19)21/h3-6,10,13-14H,2,7-9H2,1H3,(H,18,20)/t13-,14-/m0/s1. The first kappa shape index (κ1) is 15.6. The SMILES string of the molecule is CCO[C@H]1COC[C@@H]1NC(=O)Cn1cnc2ccccc2c1=O. The van der Waals surface area contributed by atoms with E-state index in [1.165, 1.54) is 10.9 Å². The van der Waals surface area contributed by atoms with Crippen molar-refractivity contribution in [3.63, 3.8) is 0 Å². The zero-order chi connectivity index (χ0) is 16.2. The van der Waals surface area contributed by atoms with E-state index in [0.717, 1.165) is 0 Å². The summed E-state index contributed by atoms with van der Waals surface area (Å²) in [5.74, 6) is -0.260. The molecule has 0 spiro atoms. The number of nitrogens with one attached hydrogen (secondary N) is 1. The number of carbonyl (C=O) groups excluding carboxylic acids is 1. The van der Waals surface area contributed by atoms with E-state index in [-0.39, 0.29) is 30.2 Å². The molecule has 0 saturated carbocycles. The van der Waals surface area contributed by atoms with Crippen LogP contribution in [0.1, 0.15) is 6.92 Å². The van der Waals surface area contributed by atoms with E-state index in [1.54, 1.807) is 18.2 Å². The molecule has 1 amide bonds. The minimum absolute atomic E-state index is 0.0774. The van der Waals surface area contributed by atoms with Crippen molar-refractivity contribution in [1.82, 2.24) is 14.9 Å². The molecule has 0 aliphatic carbocycles. The Morgan fingerprint density at radius 1 is 1.43 bits per heavy atom. The van der Waals surface area contributed by atoms with Crippen molar-refractivity contribution in [2.24, 2.45) is 0 Å². The number of aromatic nitrogens is 2. The Kier molecular flexibility index (Phi) is 4.68. The number of hydrogen-bond acceptors (Lipinski definition) is 5. The van der Waals surface area contributed by atoms with Crippen LogP contribution in [0.25, 0.3) is 10.9 Å².